The number of nitrogens with one attached hydrogen (secondary N) is 2. The summed E-state index contributed by atoms with van der Waals surface area (Å²) in [7, 11) is 1.59. The molecule has 0 radical (unpaired) electrons. The number of benzene rings is 1. The van der Waals surface area contributed by atoms with Gasteiger partial charge in [0, 0.05) is 18.1 Å². The van der Waals surface area contributed by atoms with Crippen molar-refractivity contribution < 1.29 is 19.1 Å². The van der Waals surface area contributed by atoms with Crippen molar-refractivity contribution >= 4 is 12.0 Å². The van der Waals surface area contributed by atoms with E-state index in [4.69, 9.17) is 9.47 Å². The summed E-state index contributed by atoms with van der Waals surface area (Å²) < 4.78 is 10.6. The van der Waals surface area contributed by atoms with Crippen LogP contribution in [0.5, 0.6) is 5.75 Å². The minimum Gasteiger partial charge on any atom is -0.497 e. The third-order valence-corrected chi connectivity index (χ3v) is 4.06. The van der Waals surface area contributed by atoms with Gasteiger partial charge in [-0.2, -0.15) is 0 Å². The van der Waals surface area contributed by atoms with Crippen LogP contribution in [0.2, 0.25) is 0 Å². The summed E-state index contributed by atoms with van der Waals surface area (Å²) in [6, 6.07) is 9.81. The lowest BCUT2D eigenvalue weighted by Crippen LogP contribution is -2.45. The van der Waals surface area contributed by atoms with Gasteiger partial charge in [0.2, 0.25) is 0 Å². The molecule has 0 aliphatic carbocycles. The van der Waals surface area contributed by atoms with Crippen molar-refractivity contribution in [1.29, 1.82) is 0 Å². The number of carbonyl (C=O) groups excluding carboxylic acids is 2. The van der Waals surface area contributed by atoms with Crippen molar-refractivity contribution in [2.24, 2.45) is 0 Å². The summed E-state index contributed by atoms with van der Waals surface area (Å²) >= 11 is 0. The maximum absolute atomic E-state index is 12.7. The summed E-state index contributed by atoms with van der Waals surface area (Å²) in [4.78, 5) is 28.5. The normalized spacial score (nSPS) is 16.5. The maximum atomic E-state index is 12.7. The standard InChI is InChI=1S/C19H19N3O4/c1-12-16(17(22-19(24)21-12)14-7-9-20-10-8-14)18(23)26-11-13-3-5-15(25-2)6-4-13/h3-10,17H,11H2,1-2H3,(H2,21,22,24). The first kappa shape index (κ1) is 17.5. The number of hydrogen-bond donors (Lipinski definition) is 2. The van der Waals surface area contributed by atoms with Crippen LogP contribution in [0.1, 0.15) is 24.1 Å². The van der Waals surface area contributed by atoms with Crippen molar-refractivity contribution in [1.82, 2.24) is 15.6 Å². The Labute approximate surface area is 151 Å². The number of aromatic nitrogens is 1. The monoisotopic (exact) mass is 353 g/mol. The molecule has 7 nitrogen and oxygen atoms in total. The summed E-state index contributed by atoms with van der Waals surface area (Å²) in [5.74, 6) is 0.239. The zero-order valence-electron chi connectivity index (χ0n) is 14.5. The van der Waals surface area contributed by atoms with E-state index in [2.05, 4.69) is 15.6 Å². The quantitative estimate of drug-likeness (QED) is 0.806. The van der Waals surface area contributed by atoms with E-state index >= 15 is 0 Å². The topological polar surface area (TPSA) is 89.5 Å². The number of carbonyl (C=O) groups is 2. The molecule has 0 fully saturated rings. The largest absolute Gasteiger partial charge is 0.497 e. The smallest absolute Gasteiger partial charge is 0.338 e. The van der Waals surface area contributed by atoms with Gasteiger partial charge in [0.05, 0.1) is 18.7 Å². The molecular formula is C19H19N3O4. The molecule has 7 heteroatoms. The number of hydrogen-bond acceptors (Lipinski definition) is 5. The SMILES string of the molecule is COc1ccc(COC(=O)C2=C(C)NC(=O)NC2c2ccncc2)cc1. The van der Waals surface area contributed by atoms with Gasteiger partial charge in [-0.05, 0) is 42.3 Å². The van der Waals surface area contributed by atoms with Gasteiger partial charge in [-0.1, -0.05) is 12.1 Å². The molecule has 2 aromatic rings. The van der Waals surface area contributed by atoms with E-state index in [1.54, 1.807) is 50.7 Å². The fourth-order valence-electron chi connectivity index (χ4n) is 2.72. The molecule has 0 spiro atoms. The van der Waals surface area contributed by atoms with Crippen LogP contribution >= 0.6 is 0 Å². The fraction of sp³-hybridized carbons (Fsp3) is 0.211. The Bertz CT molecular complexity index is 832. The molecule has 0 saturated heterocycles. The second-order valence-corrected chi connectivity index (χ2v) is 5.77. The predicted octanol–water partition coefficient (Wildman–Crippen LogP) is 2.46. The van der Waals surface area contributed by atoms with Crippen LogP contribution in [0, 0.1) is 0 Å². The Kier molecular flexibility index (Phi) is 5.17. The number of nitrogens with zero attached hydrogens (tertiary/aromatic N) is 1. The Morgan fingerprint density at radius 2 is 1.85 bits per heavy atom. The van der Waals surface area contributed by atoms with Gasteiger partial charge in [-0.3, -0.25) is 4.98 Å². The van der Waals surface area contributed by atoms with Crippen molar-refractivity contribution in [3.8, 4) is 5.75 Å². The maximum Gasteiger partial charge on any atom is 0.338 e. The lowest BCUT2D eigenvalue weighted by atomic mass is 9.96. The Balaban J connectivity index is 1.78. The average Bonchev–Trinajstić information content (AvgIpc) is 2.66. The van der Waals surface area contributed by atoms with Crippen LogP contribution in [-0.4, -0.2) is 24.1 Å². The number of pyridine rings is 1. The van der Waals surface area contributed by atoms with Crippen LogP contribution in [-0.2, 0) is 16.1 Å². The van der Waals surface area contributed by atoms with E-state index in [1.807, 2.05) is 12.1 Å². The first-order chi connectivity index (χ1) is 12.6. The lowest BCUT2D eigenvalue weighted by Gasteiger charge is -2.28. The van der Waals surface area contributed by atoms with Crippen molar-refractivity contribution in [2.75, 3.05) is 7.11 Å². The van der Waals surface area contributed by atoms with Gasteiger partial charge >= 0.3 is 12.0 Å². The van der Waals surface area contributed by atoms with E-state index < -0.39 is 12.0 Å². The minimum absolute atomic E-state index is 0.122. The molecule has 3 rings (SSSR count). The number of ether oxygens (including phenoxy) is 2. The third kappa shape index (κ3) is 3.83. The molecule has 1 unspecified atom stereocenters. The number of esters is 1. The highest BCUT2D eigenvalue weighted by Crippen LogP contribution is 2.27. The van der Waals surface area contributed by atoms with Crippen LogP contribution in [0.25, 0.3) is 0 Å². The Hall–Kier alpha value is -3.35. The molecule has 1 aliphatic rings. The molecule has 1 aromatic heterocycles. The van der Waals surface area contributed by atoms with E-state index in [9.17, 15) is 9.59 Å². The Morgan fingerprint density at radius 3 is 2.50 bits per heavy atom. The molecule has 2 heterocycles. The molecule has 2 N–H and O–H groups in total. The van der Waals surface area contributed by atoms with Gasteiger partial charge in [0.25, 0.3) is 0 Å². The molecule has 134 valence electrons. The molecule has 1 atom stereocenters. The molecule has 0 saturated carbocycles. The third-order valence-electron chi connectivity index (χ3n) is 4.06. The minimum atomic E-state index is -0.588. The van der Waals surface area contributed by atoms with Crippen molar-refractivity contribution in [2.45, 2.75) is 19.6 Å². The second kappa shape index (κ2) is 7.69. The van der Waals surface area contributed by atoms with Crippen LogP contribution in [0.15, 0.2) is 60.1 Å². The van der Waals surface area contributed by atoms with Gasteiger partial charge in [0.15, 0.2) is 0 Å². The highest BCUT2D eigenvalue weighted by Gasteiger charge is 2.32. The number of methoxy groups -OCH3 is 1. The second-order valence-electron chi connectivity index (χ2n) is 5.77. The number of urea groups is 1. The van der Waals surface area contributed by atoms with Gasteiger partial charge < -0.3 is 20.1 Å². The zero-order valence-corrected chi connectivity index (χ0v) is 14.5. The van der Waals surface area contributed by atoms with Gasteiger partial charge in [0.1, 0.15) is 12.4 Å². The zero-order chi connectivity index (χ0) is 18.5. The van der Waals surface area contributed by atoms with E-state index in [0.29, 0.717) is 11.3 Å². The van der Waals surface area contributed by atoms with Gasteiger partial charge in [-0.15, -0.1) is 0 Å². The van der Waals surface area contributed by atoms with Crippen molar-refractivity contribution in [3.63, 3.8) is 0 Å². The van der Waals surface area contributed by atoms with E-state index in [1.165, 1.54) is 0 Å². The molecule has 1 aromatic carbocycles. The first-order valence-electron chi connectivity index (χ1n) is 8.06. The molecule has 2 amide bonds. The molecule has 1 aliphatic heterocycles. The summed E-state index contributed by atoms with van der Waals surface area (Å²) in [6.45, 7) is 1.80. The first-order valence-corrected chi connectivity index (χ1v) is 8.06. The summed E-state index contributed by atoms with van der Waals surface area (Å²) in [5, 5.41) is 5.37. The summed E-state index contributed by atoms with van der Waals surface area (Å²) in [6.07, 6.45) is 3.22. The van der Waals surface area contributed by atoms with Crippen LogP contribution in [0.4, 0.5) is 4.79 Å². The van der Waals surface area contributed by atoms with E-state index in [-0.39, 0.29) is 12.6 Å². The Morgan fingerprint density at radius 1 is 1.15 bits per heavy atom. The van der Waals surface area contributed by atoms with Crippen LogP contribution < -0.4 is 15.4 Å². The summed E-state index contributed by atoms with van der Waals surface area (Å²) in [5.41, 5.74) is 2.43. The lowest BCUT2D eigenvalue weighted by molar-refractivity contribution is -0.140. The molecule has 0 bridgehead atoms. The fourth-order valence-corrected chi connectivity index (χ4v) is 2.72. The molecule has 26 heavy (non-hydrogen) atoms. The molecular weight excluding hydrogens is 334 g/mol. The predicted molar refractivity (Wildman–Crippen MR) is 94.1 cm³/mol. The van der Waals surface area contributed by atoms with Crippen LogP contribution in [0.3, 0.4) is 0 Å². The van der Waals surface area contributed by atoms with Crippen molar-refractivity contribution in [3.05, 3.63) is 71.2 Å². The highest BCUT2D eigenvalue weighted by molar-refractivity contribution is 5.95. The van der Waals surface area contributed by atoms with E-state index in [0.717, 1.165) is 16.9 Å². The highest BCUT2D eigenvalue weighted by atomic mass is 16.5. The van der Waals surface area contributed by atoms with Gasteiger partial charge in [-0.25, -0.2) is 9.59 Å². The average molecular weight is 353 g/mol. The number of allylic oxidation sites excluding steroid dienone is 1. The number of rotatable bonds is 5. The number of amides is 2.